The minimum absolute atomic E-state index is 0.0605. The Bertz CT molecular complexity index is 1100. The minimum Gasteiger partial charge on any atom is -0.452 e. The standard InChI is InChI=1S/C24H25N3O3/c1-16(2)14-27-17(3)10-20(18(27)4)11-21(12-25)24(28)29-15-23-26-13-22(30-23)19-8-6-5-7-9-19/h5-11,13,16H,14-15H2,1-4H3/b21-11+. The molecular formula is C24H25N3O3. The molecule has 0 saturated heterocycles. The number of aryl methyl sites for hydroxylation is 1. The Morgan fingerprint density at radius 2 is 2.03 bits per heavy atom. The first-order valence-corrected chi connectivity index (χ1v) is 9.84. The zero-order chi connectivity index (χ0) is 21.7. The second-order valence-electron chi connectivity index (χ2n) is 7.56. The first-order valence-electron chi connectivity index (χ1n) is 9.84. The molecule has 0 N–H and O–H groups in total. The quantitative estimate of drug-likeness (QED) is 0.313. The monoisotopic (exact) mass is 403 g/mol. The van der Waals surface area contributed by atoms with Gasteiger partial charge in [-0.25, -0.2) is 9.78 Å². The highest BCUT2D eigenvalue weighted by molar-refractivity contribution is 5.98. The fraction of sp³-hybridized carbons (Fsp3) is 0.292. The van der Waals surface area contributed by atoms with Crippen molar-refractivity contribution in [3.8, 4) is 17.4 Å². The van der Waals surface area contributed by atoms with E-state index in [4.69, 9.17) is 9.15 Å². The van der Waals surface area contributed by atoms with Gasteiger partial charge in [-0.15, -0.1) is 0 Å². The van der Waals surface area contributed by atoms with Gasteiger partial charge in [0.05, 0.1) is 6.20 Å². The number of rotatable bonds is 7. The molecule has 0 unspecified atom stereocenters. The van der Waals surface area contributed by atoms with Crippen LogP contribution in [0.25, 0.3) is 17.4 Å². The van der Waals surface area contributed by atoms with Gasteiger partial charge in [-0.05, 0) is 37.5 Å². The van der Waals surface area contributed by atoms with Crippen molar-refractivity contribution in [1.29, 1.82) is 5.26 Å². The summed E-state index contributed by atoms with van der Waals surface area (Å²) in [5, 5.41) is 9.46. The van der Waals surface area contributed by atoms with Gasteiger partial charge in [-0.3, -0.25) is 0 Å². The Morgan fingerprint density at radius 1 is 1.30 bits per heavy atom. The summed E-state index contributed by atoms with van der Waals surface area (Å²) in [7, 11) is 0. The number of hydrogen-bond donors (Lipinski definition) is 0. The number of nitrogens with zero attached hydrogens (tertiary/aromatic N) is 3. The maximum absolute atomic E-state index is 12.4. The summed E-state index contributed by atoms with van der Waals surface area (Å²) >= 11 is 0. The molecule has 0 radical (unpaired) electrons. The number of oxazole rings is 1. The summed E-state index contributed by atoms with van der Waals surface area (Å²) in [5.74, 6) is 0.657. The van der Waals surface area contributed by atoms with Gasteiger partial charge in [0.1, 0.15) is 11.6 Å². The third-order valence-electron chi connectivity index (χ3n) is 4.74. The van der Waals surface area contributed by atoms with Gasteiger partial charge in [-0.1, -0.05) is 44.2 Å². The first-order chi connectivity index (χ1) is 14.4. The van der Waals surface area contributed by atoms with E-state index < -0.39 is 5.97 Å². The Kier molecular flexibility index (Phi) is 6.53. The fourth-order valence-electron chi connectivity index (χ4n) is 3.23. The molecule has 3 rings (SSSR count). The molecule has 0 amide bonds. The van der Waals surface area contributed by atoms with Crippen LogP contribution in [-0.2, 0) is 22.7 Å². The second-order valence-corrected chi connectivity index (χ2v) is 7.56. The Morgan fingerprint density at radius 3 is 2.70 bits per heavy atom. The highest BCUT2D eigenvalue weighted by atomic mass is 16.5. The number of carbonyl (C=O) groups excluding carboxylic acids is 1. The van der Waals surface area contributed by atoms with Crippen LogP contribution in [-0.4, -0.2) is 15.5 Å². The zero-order valence-electron chi connectivity index (χ0n) is 17.7. The maximum Gasteiger partial charge on any atom is 0.349 e. The topological polar surface area (TPSA) is 81.1 Å². The predicted octanol–water partition coefficient (Wildman–Crippen LogP) is 5.07. The number of benzene rings is 1. The van der Waals surface area contributed by atoms with Crippen molar-refractivity contribution < 1.29 is 13.9 Å². The molecule has 2 heterocycles. The van der Waals surface area contributed by atoms with Crippen LogP contribution in [0, 0.1) is 31.1 Å². The molecule has 0 aliphatic rings. The van der Waals surface area contributed by atoms with E-state index in [0.29, 0.717) is 11.7 Å². The van der Waals surface area contributed by atoms with Crippen LogP contribution in [0.5, 0.6) is 0 Å². The molecule has 0 aliphatic heterocycles. The number of nitriles is 1. The van der Waals surface area contributed by atoms with Gasteiger partial charge in [0.15, 0.2) is 12.4 Å². The lowest BCUT2D eigenvalue weighted by Crippen LogP contribution is -2.08. The number of carbonyl (C=O) groups is 1. The van der Waals surface area contributed by atoms with Crippen LogP contribution in [0.1, 0.15) is 36.7 Å². The molecule has 0 fully saturated rings. The van der Waals surface area contributed by atoms with Crippen molar-refractivity contribution in [3.05, 3.63) is 71.0 Å². The molecule has 3 aromatic rings. The molecule has 0 atom stereocenters. The van der Waals surface area contributed by atoms with Gasteiger partial charge in [0, 0.05) is 23.5 Å². The maximum atomic E-state index is 12.4. The zero-order valence-corrected chi connectivity index (χ0v) is 17.7. The molecule has 1 aromatic carbocycles. The fourth-order valence-corrected chi connectivity index (χ4v) is 3.23. The molecule has 154 valence electrons. The smallest absolute Gasteiger partial charge is 0.349 e. The average molecular weight is 403 g/mol. The van der Waals surface area contributed by atoms with Crippen molar-refractivity contribution in [1.82, 2.24) is 9.55 Å². The molecule has 0 aliphatic carbocycles. The Hall–Kier alpha value is -3.59. The van der Waals surface area contributed by atoms with E-state index >= 15 is 0 Å². The normalized spacial score (nSPS) is 11.5. The highest BCUT2D eigenvalue weighted by Crippen LogP contribution is 2.22. The van der Waals surface area contributed by atoms with E-state index in [-0.39, 0.29) is 18.1 Å². The van der Waals surface area contributed by atoms with Crippen molar-refractivity contribution in [3.63, 3.8) is 0 Å². The van der Waals surface area contributed by atoms with Gasteiger partial charge < -0.3 is 13.7 Å². The predicted molar refractivity (Wildman–Crippen MR) is 114 cm³/mol. The summed E-state index contributed by atoms with van der Waals surface area (Å²) in [6.45, 7) is 9.04. The van der Waals surface area contributed by atoms with E-state index in [9.17, 15) is 10.1 Å². The van der Waals surface area contributed by atoms with Crippen LogP contribution >= 0.6 is 0 Å². The average Bonchev–Trinajstić information content (AvgIpc) is 3.31. The molecular weight excluding hydrogens is 378 g/mol. The summed E-state index contributed by atoms with van der Waals surface area (Å²) in [6.07, 6.45) is 3.16. The van der Waals surface area contributed by atoms with Crippen molar-refractivity contribution >= 4 is 12.0 Å². The summed E-state index contributed by atoms with van der Waals surface area (Å²) in [4.78, 5) is 16.6. The van der Waals surface area contributed by atoms with E-state index in [2.05, 4.69) is 23.4 Å². The minimum atomic E-state index is -0.703. The molecule has 0 bridgehead atoms. The molecule has 30 heavy (non-hydrogen) atoms. The van der Waals surface area contributed by atoms with Gasteiger partial charge in [0.2, 0.25) is 5.89 Å². The van der Waals surface area contributed by atoms with E-state index in [0.717, 1.165) is 29.1 Å². The molecule has 6 nitrogen and oxygen atoms in total. The first kappa shape index (κ1) is 21.1. The van der Waals surface area contributed by atoms with E-state index in [1.807, 2.05) is 56.3 Å². The van der Waals surface area contributed by atoms with Crippen LogP contribution < -0.4 is 0 Å². The lowest BCUT2D eigenvalue weighted by atomic mass is 10.1. The second kappa shape index (κ2) is 9.27. The third-order valence-corrected chi connectivity index (χ3v) is 4.74. The van der Waals surface area contributed by atoms with Gasteiger partial charge in [0.25, 0.3) is 0 Å². The van der Waals surface area contributed by atoms with Crippen molar-refractivity contribution in [2.75, 3.05) is 0 Å². The van der Waals surface area contributed by atoms with Crippen LogP contribution in [0.4, 0.5) is 0 Å². The van der Waals surface area contributed by atoms with Gasteiger partial charge >= 0.3 is 5.97 Å². The van der Waals surface area contributed by atoms with Crippen LogP contribution in [0.3, 0.4) is 0 Å². The molecule has 2 aromatic heterocycles. The highest BCUT2D eigenvalue weighted by Gasteiger charge is 2.16. The molecule has 6 heteroatoms. The van der Waals surface area contributed by atoms with Crippen LogP contribution in [0.15, 0.2) is 52.6 Å². The lowest BCUT2D eigenvalue weighted by Gasteiger charge is -2.12. The van der Waals surface area contributed by atoms with Gasteiger partial charge in [-0.2, -0.15) is 5.26 Å². The van der Waals surface area contributed by atoms with Crippen molar-refractivity contribution in [2.24, 2.45) is 5.92 Å². The van der Waals surface area contributed by atoms with E-state index in [1.165, 1.54) is 0 Å². The number of esters is 1. The van der Waals surface area contributed by atoms with Crippen molar-refractivity contribution in [2.45, 2.75) is 40.8 Å². The SMILES string of the molecule is Cc1cc(/C=C(\C#N)C(=O)OCc2ncc(-c3ccccc3)o2)c(C)n1CC(C)C. The summed E-state index contributed by atoms with van der Waals surface area (Å²) in [6, 6.07) is 13.4. The lowest BCUT2D eigenvalue weighted by molar-refractivity contribution is -0.140. The summed E-state index contributed by atoms with van der Waals surface area (Å²) < 4.78 is 13.1. The number of hydrogen-bond acceptors (Lipinski definition) is 5. The van der Waals surface area contributed by atoms with Crippen LogP contribution in [0.2, 0.25) is 0 Å². The molecule has 0 spiro atoms. The Balaban J connectivity index is 1.70. The Labute approximate surface area is 176 Å². The van der Waals surface area contributed by atoms with E-state index in [1.54, 1.807) is 12.3 Å². The third kappa shape index (κ3) is 4.87. The number of aromatic nitrogens is 2. The number of ether oxygens (including phenoxy) is 1. The summed E-state index contributed by atoms with van der Waals surface area (Å²) in [5.41, 5.74) is 3.77. The molecule has 0 saturated carbocycles. The largest absolute Gasteiger partial charge is 0.452 e.